The van der Waals surface area contributed by atoms with Crippen LogP contribution >= 0.6 is 0 Å². The van der Waals surface area contributed by atoms with E-state index >= 15 is 0 Å². The van der Waals surface area contributed by atoms with Crippen LogP contribution in [-0.4, -0.2) is 13.1 Å². The Morgan fingerprint density at radius 2 is 1.63 bits per heavy atom. The van der Waals surface area contributed by atoms with Crippen molar-refractivity contribution in [1.82, 2.24) is 0 Å². The summed E-state index contributed by atoms with van der Waals surface area (Å²) in [6.07, 6.45) is 6.61. The van der Waals surface area contributed by atoms with Gasteiger partial charge in [-0.25, -0.2) is 0 Å². The van der Waals surface area contributed by atoms with Crippen LogP contribution in [0.3, 0.4) is 0 Å². The molecule has 0 aromatic carbocycles. The molecule has 112 valence electrons. The average molecular weight is 266 g/mol. The molecule has 6 atom stereocenters. The fourth-order valence-electron chi connectivity index (χ4n) is 5.80. The fourth-order valence-corrected chi connectivity index (χ4v) is 5.80. The molecule has 0 radical (unpaired) electrons. The zero-order valence-electron chi connectivity index (χ0n) is 13.4. The minimum atomic E-state index is 0.382. The van der Waals surface area contributed by atoms with Crippen LogP contribution in [0.1, 0.15) is 59.8 Å². The summed E-state index contributed by atoms with van der Waals surface area (Å²) < 4.78 is 0. The van der Waals surface area contributed by atoms with E-state index in [1.54, 1.807) is 0 Å². The number of fused-ring (bicyclic) bond motifs is 2. The Morgan fingerprint density at radius 3 is 2.11 bits per heavy atom. The van der Waals surface area contributed by atoms with Crippen molar-refractivity contribution in [1.29, 1.82) is 0 Å². The molecule has 0 saturated heterocycles. The van der Waals surface area contributed by atoms with Crippen molar-refractivity contribution < 1.29 is 0 Å². The highest BCUT2D eigenvalue weighted by molar-refractivity contribution is 5.15. The molecule has 0 aromatic rings. The van der Waals surface area contributed by atoms with Crippen LogP contribution < -0.4 is 11.5 Å². The van der Waals surface area contributed by atoms with Gasteiger partial charge in [0.05, 0.1) is 0 Å². The standard InChI is InChI=1S/C17H34N2/c1-5-12(3)16-7-14(15(9-16)10-18)8-17(16,11-19)13(4)6-2/h12-15H,5-11,18-19H2,1-4H3. The summed E-state index contributed by atoms with van der Waals surface area (Å²) in [5, 5.41) is 0. The molecule has 0 spiro atoms. The summed E-state index contributed by atoms with van der Waals surface area (Å²) in [5.41, 5.74) is 13.2. The third-order valence-corrected chi connectivity index (χ3v) is 7.32. The molecule has 0 heterocycles. The normalized spacial score (nSPS) is 44.5. The predicted octanol–water partition coefficient (Wildman–Crippen LogP) is 3.40. The second-order valence-corrected chi connectivity index (χ2v) is 7.50. The molecular formula is C17H34N2. The van der Waals surface area contributed by atoms with Crippen LogP contribution in [-0.2, 0) is 0 Å². The van der Waals surface area contributed by atoms with E-state index in [0.29, 0.717) is 10.8 Å². The minimum Gasteiger partial charge on any atom is -0.330 e. The van der Waals surface area contributed by atoms with Crippen molar-refractivity contribution in [3.8, 4) is 0 Å². The Bertz CT molecular complexity index is 316. The number of hydrogen-bond donors (Lipinski definition) is 2. The highest BCUT2D eigenvalue weighted by atomic mass is 14.8. The van der Waals surface area contributed by atoms with E-state index < -0.39 is 0 Å². The van der Waals surface area contributed by atoms with E-state index in [9.17, 15) is 0 Å². The van der Waals surface area contributed by atoms with Gasteiger partial charge in [-0.3, -0.25) is 0 Å². The van der Waals surface area contributed by atoms with Crippen molar-refractivity contribution in [3.63, 3.8) is 0 Å². The third-order valence-electron chi connectivity index (χ3n) is 7.32. The van der Waals surface area contributed by atoms with Crippen molar-refractivity contribution >= 4 is 0 Å². The highest BCUT2D eigenvalue weighted by Gasteiger charge is 2.66. The van der Waals surface area contributed by atoms with Crippen molar-refractivity contribution in [2.75, 3.05) is 13.1 Å². The molecule has 2 rings (SSSR count). The largest absolute Gasteiger partial charge is 0.330 e. The molecule has 2 aliphatic rings. The van der Waals surface area contributed by atoms with Gasteiger partial charge in [0.2, 0.25) is 0 Å². The molecule has 2 saturated carbocycles. The molecule has 19 heavy (non-hydrogen) atoms. The first kappa shape index (κ1) is 15.3. The molecule has 6 unspecified atom stereocenters. The molecule has 2 fully saturated rings. The summed E-state index contributed by atoms with van der Waals surface area (Å²) in [6, 6.07) is 0. The van der Waals surface area contributed by atoms with Crippen molar-refractivity contribution in [2.45, 2.75) is 59.8 Å². The molecule has 2 bridgehead atoms. The quantitative estimate of drug-likeness (QED) is 0.774. The molecule has 4 N–H and O–H groups in total. The minimum absolute atomic E-state index is 0.382. The van der Waals surface area contributed by atoms with E-state index in [-0.39, 0.29) is 0 Å². The van der Waals surface area contributed by atoms with E-state index in [2.05, 4.69) is 27.7 Å². The zero-order valence-corrected chi connectivity index (χ0v) is 13.4. The Morgan fingerprint density at radius 1 is 1.00 bits per heavy atom. The smallest absolute Gasteiger partial charge is 0.00124 e. The van der Waals surface area contributed by atoms with Crippen LogP contribution in [0, 0.1) is 34.5 Å². The molecule has 2 aliphatic carbocycles. The Kier molecular flexibility index (Phi) is 4.32. The second-order valence-electron chi connectivity index (χ2n) is 7.50. The summed E-state index contributed by atoms with van der Waals surface area (Å²) in [6.45, 7) is 11.3. The van der Waals surface area contributed by atoms with Crippen LogP contribution in [0.5, 0.6) is 0 Å². The van der Waals surface area contributed by atoms with E-state index in [0.717, 1.165) is 36.8 Å². The summed E-state index contributed by atoms with van der Waals surface area (Å²) in [4.78, 5) is 0. The molecule has 0 aliphatic heterocycles. The lowest BCUT2D eigenvalue weighted by atomic mass is 9.51. The fraction of sp³-hybridized carbons (Fsp3) is 1.00. The maximum atomic E-state index is 6.37. The average Bonchev–Trinajstić information content (AvgIpc) is 2.99. The van der Waals surface area contributed by atoms with Gasteiger partial charge in [-0.15, -0.1) is 0 Å². The van der Waals surface area contributed by atoms with Gasteiger partial charge in [-0.05, 0) is 66.9 Å². The monoisotopic (exact) mass is 266 g/mol. The molecule has 0 aromatic heterocycles. The molecule has 2 nitrogen and oxygen atoms in total. The van der Waals surface area contributed by atoms with Gasteiger partial charge >= 0.3 is 0 Å². The molecular weight excluding hydrogens is 232 g/mol. The number of nitrogens with two attached hydrogens (primary N) is 2. The van der Waals surface area contributed by atoms with E-state index in [4.69, 9.17) is 11.5 Å². The van der Waals surface area contributed by atoms with Gasteiger partial charge in [0.15, 0.2) is 0 Å². The van der Waals surface area contributed by atoms with Crippen LogP contribution in [0.2, 0.25) is 0 Å². The highest BCUT2D eigenvalue weighted by Crippen LogP contribution is 2.71. The number of hydrogen-bond acceptors (Lipinski definition) is 2. The van der Waals surface area contributed by atoms with E-state index in [1.807, 2.05) is 0 Å². The van der Waals surface area contributed by atoms with Gasteiger partial charge in [0.1, 0.15) is 0 Å². The van der Waals surface area contributed by atoms with Gasteiger partial charge < -0.3 is 11.5 Å². The Labute approximate surface area is 119 Å². The maximum absolute atomic E-state index is 6.37. The van der Waals surface area contributed by atoms with Crippen LogP contribution in [0.15, 0.2) is 0 Å². The SMILES string of the molecule is CCC(C)C1(CN)CC2CC1(C(C)CC)CC2CN. The summed E-state index contributed by atoms with van der Waals surface area (Å²) in [5.74, 6) is 3.14. The van der Waals surface area contributed by atoms with Gasteiger partial charge in [-0.2, -0.15) is 0 Å². The second kappa shape index (κ2) is 5.37. The van der Waals surface area contributed by atoms with Crippen LogP contribution in [0.25, 0.3) is 0 Å². The first-order valence-corrected chi connectivity index (χ1v) is 8.41. The summed E-state index contributed by atoms with van der Waals surface area (Å²) in [7, 11) is 0. The van der Waals surface area contributed by atoms with E-state index in [1.165, 1.54) is 32.1 Å². The maximum Gasteiger partial charge on any atom is -0.00124 e. The zero-order chi connectivity index (χ0) is 14.3. The molecule has 0 amide bonds. The topological polar surface area (TPSA) is 52.0 Å². The third kappa shape index (κ3) is 1.90. The van der Waals surface area contributed by atoms with Crippen molar-refractivity contribution in [2.24, 2.45) is 46.0 Å². The summed E-state index contributed by atoms with van der Waals surface area (Å²) >= 11 is 0. The van der Waals surface area contributed by atoms with Crippen LogP contribution in [0.4, 0.5) is 0 Å². The lowest BCUT2D eigenvalue weighted by Crippen LogP contribution is -2.52. The predicted molar refractivity (Wildman–Crippen MR) is 82.7 cm³/mol. The van der Waals surface area contributed by atoms with Gasteiger partial charge in [0, 0.05) is 0 Å². The first-order valence-electron chi connectivity index (χ1n) is 8.41. The van der Waals surface area contributed by atoms with Crippen molar-refractivity contribution in [3.05, 3.63) is 0 Å². The van der Waals surface area contributed by atoms with Gasteiger partial charge in [-0.1, -0.05) is 40.5 Å². The Hall–Kier alpha value is -0.0800. The molecule has 2 heteroatoms. The lowest BCUT2D eigenvalue weighted by molar-refractivity contribution is -0.0489. The number of rotatable bonds is 6. The lowest BCUT2D eigenvalue weighted by Gasteiger charge is -2.54. The Balaban J connectivity index is 2.40. The van der Waals surface area contributed by atoms with Gasteiger partial charge in [0.25, 0.3) is 0 Å². The first-order chi connectivity index (χ1) is 9.01.